The number of ether oxygens (including phenoxy) is 1. The predicted molar refractivity (Wildman–Crippen MR) is 99.1 cm³/mol. The van der Waals surface area contributed by atoms with Gasteiger partial charge in [0.05, 0.1) is 4.90 Å². The van der Waals surface area contributed by atoms with Crippen LogP contribution in [0, 0.1) is 0 Å². The zero-order valence-electron chi connectivity index (χ0n) is 12.7. The van der Waals surface area contributed by atoms with E-state index >= 15 is 0 Å². The van der Waals surface area contributed by atoms with E-state index < -0.39 is 15.9 Å². The highest BCUT2D eigenvalue weighted by atomic mass is 35.5. The molecule has 0 heterocycles. The zero-order valence-corrected chi connectivity index (χ0v) is 15.1. The first-order chi connectivity index (χ1) is 11.7. The van der Waals surface area contributed by atoms with Gasteiger partial charge in [-0.25, -0.2) is 13.6 Å². The zero-order chi connectivity index (χ0) is 18.4. The smallest absolute Gasteiger partial charge is 0.264 e. The Bertz CT molecular complexity index is 869. The van der Waals surface area contributed by atoms with Gasteiger partial charge in [-0.05, 0) is 60.7 Å². The van der Waals surface area contributed by atoms with E-state index in [9.17, 15) is 13.2 Å². The number of nitrogens with two attached hydrogens (primary N) is 1. The molecule has 10 heteroatoms. The fourth-order valence-corrected chi connectivity index (χ4v) is 2.61. The molecule has 0 aliphatic carbocycles. The van der Waals surface area contributed by atoms with Crippen LogP contribution >= 0.6 is 23.8 Å². The Kier molecular flexibility index (Phi) is 6.32. The number of halogens is 1. The molecule has 0 bridgehead atoms. The molecule has 132 valence electrons. The van der Waals surface area contributed by atoms with Crippen molar-refractivity contribution in [1.82, 2.24) is 5.32 Å². The van der Waals surface area contributed by atoms with Gasteiger partial charge in [0, 0.05) is 10.7 Å². The molecule has 0 spiro atoms. The first kappa shape index (κ1) is 19.1. The Morgan fingerprint density at radius 3 is 2.28 bits per heavy atom. The number of carbonyl (C=O) groups excluding carboxylic acids is 1. The summed E-state index contributed by atoms with van der Waals surface area (Å²) in [5, 5.41) is 10.8. The molecular formula is C15H14ClN3O4S2. The number of sulfonamides is 1. The average Bonchev–Trinajstić information content (AvgIpc) is 2.54. The van der Waals surface area contributed by atoms with Gasteiger partial charge in [0.15, 0.2) is 11.7 Å². The van der Waals surface area contributed by atoms with Crippen molar-refractivity contribution in [3.8, 4) is 5.75 Å². The van der Waals surface area contributed by atoms with Crippen molar-refractivity contribution in [1.29, 1.82) is 0 Å². The van der Waals surface area contributed by atoms with E-state index in [-0.39, 0.29) is 16.6 Å². The number of thiocarbonyl (C=S) groups is 1. The van der Waals surface area contributed by atoms with Gasteiger partial charge < -0.3 is 10.1 Å². The van der Waals surface area contributed by atoms with E-state index in [1.54, 1.807) is 24.3 Å². The summed E-state index contributed by atoms with van der Waals surface area (Å²) in [6.07, 6.45) is 0. The number of amides is 1. The summed E-state index contributed by atoms with van der Waals surface area (Å²) in [7, 11) is -3.76. The van der Waals surface area contributed by atoms with Crippen LogP contribution in [0.3, 0.4) is 0 Å². The highest BCUT2D eigenvalue weighted by Crippen LogP contribution is 2.15. The van der Waals surface area contributed by atoms with Crippen molar-refractivity contribution in [3.63, 3.8) is 0 Å². The third kappa shape index (κ3) is 6.31. The van der Waals surface area contributed by atoms with Crippen molar-refractivity contribution in [2.45, 2.75) is 4.90 Å². The monoisotopic (exact) mass is 399 g/mol. The number of hydrogen-bond donors (Lipinski definition) is 3. The number of carbonyl (C=O) groups is 1. The van der Waals surface area contributed by atoms with Gasteiger partial charge in [0.2, 0.25) is 10.0 Å². The van der Waals surface area contributed by atoms with Crippen molar-refractivity contribution >= 4 is 50.5 Å². The molecule has 0 aliphatic rings. The number of benzene rings is 2. The molecule has 0 fully saturated rings. The van der Waals surface area contributed by atoms with Crippen LogP contribution in [0.2, 0.25) is 5.02 Å². The second-order valence-electron chi connectivity index (χ2n) is 4.81. The lowest BCUT2D eigenvalue weighted by Crippen LogP contribution is -2.37. The maximum Gasteiger partial charge on any atom is 0.264 e. The molecule has 25 heavy (non-hydrogen) atoms. The second-order valence-corrected chi connectivity index (χ2v) is 7.22. The second kappa shape index (κ2) is 8.26. The topological polar surface area (TPSA) is 111 Å². The molecular weight excluding hydrogens is 386 g/mol. The number of anilines is 1. The standard InChI is InChI=1S/C15H14ClN3O4S2/c16-10-1-5-12(6-2-10)23-9-14(20)19-15(24)18-11-3-7-13(8-4-11)25(17,21)22/h1-8H,9H2,(H2,17,21,22)(H2,18,19,20,24). The SMILES string of the molecule is NS(=O)(=O)c1ccc(NC(=S)NC(=O)COc2ccc(Cl)cc2)cc1. The van der Waals surface area contributed by atoms with Crippen molar-refractivity contribution in [2.24, 2.45) is 5.14 Å². The largest absolute Gasteiger partial charge is 0.484 e. The molecule has 2 aromatic carbocycles. The Balaban J connectivity index is 1.83. The van der Waals surface area contributed by atoms with E-state index in [1.165, 1.54) is 24.3 Å². The first-order valence-corrected chi connectivity index (χ1v) is 9.19. The van der Waals surface area contributed by atoms with Gasteiger partial charge in [-0.3, -0.25) is 10.1 Å². The lowest BCUT2D eigenvalue weighted by atomic mass is 10.3. The number of primary sulfonamides is 1. The molecule has 0 radical (unpaired) electrons. The van der Waals surface area contributed by atoms with E-state index in [1.807, 2.05) is 0 Å². The molecule has 0 atom stereocenters. The van der Waals surface area contributed by atoms with Crippen molar-refractivity contribution in [2.75, 3.05) is 11.9 Å². The van der Waals surface area contributed by atoms with Crippen LogP contribution in [-0.4, -0.2) is 26.0 Å². The summed E-state index contributed by atoms with van der Waals surface area (Å²) in [5.41, 5.74) is 0.497. The average molecular weight is 400 g/mol. The summed E-state index contributed by atoms with van der Waals surface area (Å²) < 4.78 is 27.6. The minimum absolute atomic E-state index is 0.0237. The van der Waals surface area contributed by atoms with Gasteiger partial charge >= 0.3 is 0 Å². The summed E-state index contributed by atoms with van der Waals surface area (Å²) in [4.78, 5) is 11.8. The third-order valence-electron chi connectivity index (χ3n) is 2.88. The van der Waals surface area contributed by atoms with E-state index in [0.29, 0.717) is 16.5 Å². The highest BCUT2D eigenvalue weighted by Gasteiger charge is 2.09. The van der Waals surface area contributed by atoms with Crippen LogP contribution in [0.15, 0.2) is 53.4 Å². The minimum Gasteiger partial charge on any atom is -0.484 e. The van der Waals surface area contributed by atoms with Gasteiger partial charge in [0.25, 0.3) is 5.91 Å². The predicted octanol–water partition coefficient (Wildman–Crippen LogP) is 1.88. The number of hydrogen-bond acceptors (Lipinski definition) is 5. The van der Waals surface area contributed by atoms with Gasteiger partial charge in [-0.2, -0.15) is 0 Å². The normalized spacial score (nSPS) is 10.8. The lowest BCUT2D eigenvalue weighted by Gasteiger charge is -2.10. The quantitative estimate of drug-likeness (QED) is 0.662. The van der Waals surface area contributed by atoms with Crippen molar-refractivity contribution in [3.05, 3.63) is 53.6 Å². The molecule has 7 nitrogen and oxygen atoms in total. The van der Waals surface area contributed by atoms with Crippen molar-refractivity contribution < 1.29 is 17.9 Å². The number of nitrogens with one attached hydrogen (secondary N) is 2. The molecule has 0 saturated carbocycles. The van der Waals surface area contributed by atoms with Crippen LogP contribution in [0.5, 0.6) is 5.75 Å². The van der Waals surface area contributed by atoms with Gasteiger partial charge in [0.1, 0.15) is 5.75 Å². The summed E-state index contributed by atoms with van der Waals surface area (Å²) in [6.45, 7) is -0.228. The van der Waals surface area contributed by atoms with Gasteiger partial charge in [-0.1, -0.05) is 11.6 Å². The Morgan fingerprint density at radius 2 is 1.72 bits per heavy atom. The fraction of sp³-hybridized carbons (Fsp3) is 0.0667. The molecule has 0 unspecified atom stereocenters. The summed E-state index contributed by atoms with van der Waals surface area (Å²) in [5.74, 6) is 0.0469. The summed E-state index contributed by atoms with van der Waals surface area (Å²) >= 11 is 10.8. The minimum atomic E-state index is -3.76. The van der Waals surface area contributed by atoms with Crippen LogP contribution in [0.25, 0.3) is 0 Å². The highest BCUT2D eigenvalue weighted by molar-refractivity contribution is 7.89. The molecule has 2 aromatic rings. The van der Waals surface area contributed by atoms with E-state index in [0.717, 1.165) is 0 Å². The fourth-order valence-electron chi connectivity index (χ4n) is 1.73. The molecule has 4 N–H and O–H groups in total. The summed E-state index contributed by atoms with van der Waals surface area (Å²) in [6, 6.07) is 12.2. The molecule has 1 amide bonds. The van der Waals surface area contributed by atoms with E-state index in [4.69, 9.17) is 33.7 Å². The molecule has 0 aromatic heterocycles. The van der Waals surface area contributed by atoms with Crippen LogP contribution in [0.4, 0.5) is 5.69 Å². The first-order valence-electron chi connectivity index (χ1n) is 6.86. The molecule has 0 aliphatic heterocycles. The Labute approximate surface area is 155 Å². The maximum absolute atomic E-state index is 11.8. The Morgan fingerprint density at radius 1 is 1.12 bits per heavy atom. The van der Waals surface area contributed by atoms with Crippen LogP contribution in [0.1, 0.15) is 0 Å². The lowest BCUT2D eigenvalue weighted by molar-refractivity contribution is -0.121. The van der Waals surface area contributed by atoms with Crippen LogP contribution in [-0.2, 0) is 14.8 Å². The Hall–Kier alpha value is -2.20. The van der Waals surface area contributed by atoms with Gasteiger partial charge in [-0.15, -0.1) is 0 Å². The molecule has 2 rings (SSSR count). The van der Waals surface area contributed by atoms with E-state index in [2.05, 4.69) is 10.6 Å². The maximum atomic E-state index is 11.8. The van der Waals surface area contributed by atoms with Crippen LogP contribution < -0.4 is 20.5 Å². The third-order valence-corrected chi connectivity index (χ3v) is 4.26. The number of rotatable bonds is 5. The molecule has 0 saturated heterocycles.